The fraction of sp³-hybridized carbons (Fsp3) is 0.545. The molecule has 3 N–H and O–H groups in total. The van der Waals surface area contributed by atoms with E-state index in [-0.39, 0.29) is 0 Å². The Morgan fingerprint density at radius 3 is 2.83 bits per heavy atom. The van der Waals surface area contributed by atoms with Crippen molar-refractivity contribution >= 4 is 17.3 Å². The lowest BCUT2D eigenvalue weighted by atomic mass is 10.4. The molecule has 0 aliphatic heterocycles. The lowest BCUT2D eigenvalue weighted by Crippen LogP contribution is -2.32. The third-order valence-electron chi connectivity index (χ3n) is 2.32. The van der Waals surface area contributed by atoms with E-state index in [4.69, 9.17) is 5.26 Å². The SMILES string of the molecule is CN/C(=N/CCNCc1nc(C)c(C)s1)NC#N. The monoisotopic (exact) mass is 266 g/mol. The van der Waals surface area contributed by atoms with Gasteiger partial charge in [-0.15, -0.1) is 11.3 Å². The predicted octanol–water partition coefficient (Wildman–Crippen LogP) is 0.496. The number of nitrogens with one attached hydrogen (secondary N) is 3. The molecule has 0 atom stereocenters. The first-order valence-electron chi connectivity index (χ1n) is 5.68. The molecule has 0 saturated carbocycles. The number of aromatic nitrogens is 1. The van der Waals surface area contributed by atoms with E-state index in [0.29, 0.717) is 12.5 Å². The van der Waals surface area contributed by atoms with Gasteiger partial charge in [0, 0.05) is 25.0 Å². The molecule has 0 aliphatic carbocycles. The zero-order chi connectivity index (χ0) is 13.4. The minimum absolute atomic E-state index is 0.486. The summed E-state index contributed by atoms with van der Waals surface area (Å²) in [6.45, 7) is 6.21. The van der Waals surface area contributed by atoms with Gasteiger partial charge in [-0.05, 0) is 13.8 Å². The Hall–Kier alpha value is -1.65. The Morgan fingerprint density at radius 2 is 2.28 bits per heavy atom. The summed E-state index contributed by atoms with van der Waals surface area (Å²) in [5, 5.41) is 18.1. The van der Waals surface area contributed by atoms with Gasteiger partial charge in [0.1, 0.15) is 5.01 Å². The summed E-state index contributed by atoms with van der Waals surface area (Å²) in [7, 11) is 1.72. The molecule has 0 spiro atoms. The molecule has 1 rings (SSSR count). The molecular weight excluding hydrogens is 248 g/mol. The van der Waals surface area contributed by atoms with Crippen molar-refractivity contribution in [2.75, 3.05) is 20.1 Å². The topological polar surface area (TPSA) is 85.1 Å². The summed E-state index contributed by atoms with van der Waals surface area (Å²) in [6, 6.07) is 0. The molecule has 1 aromatic heterocycles. The Labute approximate surface area is 111 Å². The van der Waals surface area contributed by atoms with Crippen LogP contribution in [0.2, 0.25) is 0 Å². The van der Waals surface area contributed by atoms with Gasteiger partial charge in [-0.25, -0.2) is 4.98 Å². The largest absolute Gasteiger partial charge is 0.359 e. The van der Waals surface area contributed by atoms with Crippen LogP contribution in [0.25, 0.3) is 0 Å². The number of hydrogen-bond acceptors (Lipinski definition) is 5. The number of nitriles is 1. The first-order chi connectivity index (χ1) is 8.67. The molecule has 0 bridgehead atoms. The predicted molar refractivity (Wildman–Crippen MR) is 73.4 cm³/mol. The minimum atomic E-state index is 0.486. The van der Waals surface area contributed by atoms with E-state index < -0.39 is 0 Å². The van der Waals surface area contributed by atoms with E-state index in [1.807, 2.05) is 13.1 Å². The molecule has 0 aromatic carbocycles. The highest BCUT2D eigenvalue weighted by atomic mass is 32.1. The van der Waals surface area contributed by atoms with Gasteiger partial charge in [0.25, 0.3) is 0 Å². The molecule has 98 valence electrons. The van der Waals surface area contributed by atoms with Crippen molar-refractivity contribution in [2.24, 2.45) is 4.99 Å². The fourth-order valence-corrected chi connectivity index (χ4v) is 2.19. The van der Waals surface area contributed by atoms with Crippen LogP contribution in [0.5, 0.6) is 0 Å². The number of hydrogen-bond donors (Lipinski definition) is 3. The fourth-order valence-electron chi connectivity index (χ4n) is 1.29. The van der Waals surface area contributed by atoms with E-state index >= 15 is 0 Å². The van der Waals surface area contributed by atoms with Crippen LogP contribution in [0.4, 0.5) is 0 Å². The Morgan fingerprint density at radius 1 is 1.50 bits per heavy atom. The number of aliphatic imine (C=N–C) groups is 1. The number of thiazole rings is 1. The van der Waals surface area contributed by atoms with Crippen molar-refractivity contribution in [3.8, 4) is 6.19 Å². The Kier molecular flexibility index (Phi) is 6.11. The molecule has 6 nitrogen and oxygen atoms in total. The molecule has 0 amide bonds. The molecule has 1 aromatic rings. The lowest BCUT2D eigenvalue weighted by Gasteiger charge is -2.03. The second-order valence-electron chi connectivity index (χ2n) is 3.64. The second kappa shape index (κ2) is 7.63. The number of guanidine groups is 1. The first-order valence-corrected chi connectivity index (χ1v) is 6.50. The van der Waals surface area contributed by atoms with Crippen molar-refractivity contribution in [3.05, 3.63) is 15.6 Å². The van der Waals surface area contributed by atoms with Gasteiger partial charge in [0.05, 0.1) is 12.2 Å². The molecule has 1 heterocycles. The normalized spacial score (nSPS) is 11.1. The van der Waals surface area contributed by atoms with Gasteiger partial charge in [-0.1, -0.05) is 0 Å². The highest BCUT2D eigenvalue weighted by Crippen LogP contribution is 2.15. The van der Waals surface area contributed by atoms with Crippen LogP contribution in [0.15, 0.2) is 4.99 Å². The van der Waals surface area contributed by atoms with Crippen molar-refractivity contribution < 1.29 is 0 Å². The summed E-state index contributed by atoms with van der Waals surface area (Å²) in [5.74, 6) is 0.486. The number of aryl methyl sites for hydroxylation is 2. The van der Waals surface area contributed by atoms with Crippen molar-refractivity contribution in [1.29, 1.82) is 5.26 Å². The Bertz CT molecular complexity index is 425. The van der Waals surface area contributed by atoms with Crippen LogP contribution in [-0.2, 0) is 6.54 Å². The summed E-state index contributed by atoms with van der Waals surface area (Å²) in [5.41, 5.74) is 1.10. The molecule has 0 radical (unpaired) electrons. The van der Waals surface area contributed by atoms with Crippen molar-refractivity contribution in [2.45, 2.75) is 20.4 Å². The van der Waals surface area contributed by atoms with Gasteiger partial charge in [0.15, 0.2) is 6.19 Å². The van der Waals surface area contributed by atoms with Gasteiger partial charge in [-0.2, -0.15) is 5.26 Å². The van der Waals surface area contributed by atoms with E-state index in [2.05, 4.69) is 32.9 Å². The highest BCUT2D eigenvalue weighted by Gasteiger charge is 2.02. The van der Waals surface area contributed by atoms with Crippen LogP contribution < -0.4 is 16.0 Å². The van der Waals surface area contributed by atoms with Crippen LogP contribution in [-0.4, -0.2) is 31.1 Å². The van der Waals surface area contributed by atoms with Crippen molar-refractivity contribution in [3.63, 3.8) is 0 Å². The smallest absolute Gasteiger partial charge is 0.204 e. The maximum absolute atomic E-state index is 8.44. The molecule has 0 unspecified atom stereocenters. The second-order valence-corrected chi connectivity index (χ2v) is 4.93. The van der Waals surface area contributed by atoms with E-state index in [9.17, 15) is 0 Å². The third-order valence-corrected chi connectivity index (χ3v) is 3.39. The molecule has 7 heteroatoms. The molecular formula is C11H18N6S. The zero-order valence-electron chi connectivity index (χ0n) is 10.9. The molecule has 0 fully saturated rings. The number of nitrogens with zero attached hydrogens (tertiary/aromatic N) is 3. The van der Waals surface area contributed by atoms with E-state index in [0.717, 1.165) is 23.8 Å². The Balaban J connectivity index is 2.25. The molecule has 0 saturated heterocycles. The van der Waals surface area contributed by atoms with E-state index in [1.54, 1.807) is 18.4 Å². The van der Waals surface area contributed by atoms with Gasteiger partial charge in [-0.3, -0.25) is 10.3 Å². The minimum Gasteiger partial charge on any atom is -0.359 e. The van der Waals surface area contributed by atoms with Crippen LogP contribution in [0.1, 0.15) is 15.6 Å². The quantitative estimate of drug-likeness (QED) is 0.237. The molecule has 0 aliphatic rings. The maximum Gasteiger partial charge on any atom is 0.204 e. The van der Waals surface area contributed by atoms with Gasteiger partial charge >= 0.3 is 0 Å². The average Bonchev–Trinajstić information content (AvgIpc) is 2.67. The first kappa shape index (κ1) is 14.4. The van der Waals surface area contributed by atoms with Crippen LogP contribution >= 0.6 is 11.3 Å². The van der Waals surface area contributed by atoms with Crippen molar-refractivity contribution in [1.82, 2.24) is 20.9 Å². The average molecular weight is 266 g/mol. The summed E-state index contributed by atoms with van der Waals surface area (Å²) in [6.07, 6.45) is 1.82. The van der Waals surface area contributed by atoms with E-state index in [1.165, 1.54) is 4.88 Å². The lowest BCUT2D eigenvalue weighted by molar-refractivity contribution is 0.689. The van der Waals surface area contributed by atoms with Gasteiger partial charge < -0.3 is 10.6 Å². The number of rotatable bonds is 5. The zero-order valence-corrected chi connectivity index (χ0v) is 11.7. The van der Waals surface area contributed by atoms with Gasteiger partial charge in [0.2, 0.25) is 5.96 Å². The molecule has 18 heavy (non-hydrogen) atoms. The highest BCUT2D eigenvalue weighted by molar-refractivity contribution is 7.11. The van der Waals surface area contributed by atoms with Crippen LogP contribution in [0.3, 0.4) is 0 Å². The van der Waals surface area contributed by atoms with Crippen LogP contribution in [0, 0.1) is 25.3 Å². The standard InChI is InChI=1S/C11H18N6S/c1-8-9(2)18-10(17-8)6-14-4-5-15-11(13-3)16-7-12/h14H,4-6H2,1-3H3,(H2,13,15,16). The summed E-state index contributed by atoms with van der Waals surface area (Å²) in [4.78, 5) is 9.88. The third kappa shape index (κ3) is 4.69. The summed E-state index contributed by atoms with van der Waals surface area (Å²) < 4.78 is 0. The maximum atomic E-state index is 8.44. The summed E-state index contributed by atoms with van der Waals surface area (Å²) >= 11 is 1.71.